The van der Waals surface area contributed by atoms with Crippen molar-refractivity contribution in [3.05, 3.63) is 59.9 Å². The van der Waals surface area contributed by atoms with Gasteiger partial charge in [-0.05, 0) is 55.3 Å². The first-order valence-electron chi connectivity index (χ1n) is 8.47. The van der Waals surface area contributed by atoms with Crippen LogP contribution >= 0.6 is 0 Å². The molecule has 4 N–H and O–H groups in total. The van der Waals surface area contributed by atoms with Crippen molar-refractivity contribution in [1.29, 1.82) is 0 Å². The molecule has 2 aromatic carbocycles. The first-order chi connectivity index (χ1) is 12.5. The lowest BCUT2D eigenvalue weighted by Crippen LogP contribution is -2.39. The summed E-state index contributed by atoms with van der Waals surface area (Å²) in [6.45, 7) is 1.42. The zero-order chi connectivity index (χ0) is 18.5. The smallest absolute Gasteiger partial charge is 0.316 e. The van der Waals surface area contributed by atoms with E-state index in [0.717, 1.165) is 24.9 Å². The second kappa shape index (κ2) is 7.97. The highest BCUT2D eigenvalue weighted by molar-refractivity contribution is 5.96. The monoisotopic (exact) mass is 356 g/mol. The van der Waals surface area contributed by atoms with E-state index >= 15 is 0 Å². The molecule has 0 bridgehead atoms. The van der Waals surface area contributed by atoms with Crippen molar-refractivity contribution in [1.82, 2.24) is 4.90 Å². The molecule has 1 fully saturated rings. The number of hydrogen-bond acceptors (Lipinski definition) is 3. The number of likely N-dealkylation sites (tertiary alicyclic amines) is 1. The average Bonchev–Trinajstić information content (AvgIpc) is 3.05. The number of rotatable bonds is 5. The summed E-state index contributed by atoms with van der Waals surface area (Å²) in [7, 11) is 0. The molecule has 1 aliphatic rings. The Bertz CT molecular complexity index is 794. The molecule has 0 aliphatic carbocycles. The van der Waals surface area contributed by atoms with Crippen LogP contribution in [-0.2, 0) is 11.3 Å². The van der Waals surface area contributed by atoms with Gasteiger partial charge in [-0.15, -0.1) is 0 Å². The van der Waals surface area contributed by atoms with Crippen LogP contribution in [0.4, 0.5) is 20.6 Å². The van der Waals surface area contributed by atoms with Crippen LogP contribution in [0.15, 0.2) is 48.5 Å². The normalized spacial score (nSPS) is 17.0. The molecule has 0 aromatic heterocycles. The second-order valence-corrected chi connectivity index (χ2v) is 6.31. The largest absolute Gasteiger partial charge is 0.351 e. The number of carbonyl (C=O) groups is 2. The van der Waals surface area contributed by atoms with Crippen LogP contribution in [0.25, 0.3) is 0 Å². The van der Waals surface area contributed by atoms with E-state index in [0.29, 0.717) is 17.9 Å². The Balaban J connectivity index is 1.64. The van der Waals surface area contributed by atoms with Gasteiger partial charge >= 0.3 is 6.03 Å². The fraction of sp³-hybridized carbons (Fsp3) is 0.263. The van der Waals surface area contributed by atoms with E-state index in [-0.39, 0.29) is 17.8 Å². The third-order valence-electron chi connectivity index (χ3n) is 4.36. The number of benzene rings is 2. The minimum absolute atomic E-state index is 0.0964. The van der Waals surface area contributed by atoms with E-state index in [1.54, 1.807) is 36.4 Å². The summed E-state index contributed by atoms with van der Waals surface area (Å²) < 4.78 is 13.0. The number of halogens is 1. The van der Waals surface area contributed by atoms with Crippen LogP contribution in [0.3, 0.4) is 0 Å². The van der Waals surface area contributed by atoms with Gasteiger partial charge in [0.05, 0.1) is 6.04 Å². The number of carbonyl (C=O) groups excluding carboxylic acids is 2. The predicted molar refractivity (Wildman–Crippen MR) is 98.1 cm³/mol. The van der Waals surface area contributed by atoms with E-state index in [1.165, 1.54) is 12.1 Å². The van der Waals surface area contributed by atoms with Crippen LogP contribution in [0.1, 0.15) is 18.4 Å². The maximum absolute atomic E-state index is 13.0. The summed E-state index contributed by atoms with van der Waals surface area (Å²) in [5, 5.41) is 5.37. The quantitative estimate of drug-likeness (QED) is 0.770. The lowest BCUT2D eigenvalue weighted by atomic mass is 10.1. The van der Waals surface area contributed by atoms with Gasteiger partial charge in [-0.2, -0.15) is 0 Å². The number of nitrogens with zero attached hydrogens (tertiary/aromatic N) is 1. The van der Waals surface area contributed by atoms with Gasteiger partial charge in [-0.3, -0.25) is 9.69 Å². The van der Waals surface area contributed by atoms with E-state index in [9.17, 15) is 14.0 Å². The van der Waals surface area contributed by atoms with Crippen molar-refractivity contribution in [3.63, 3.8) is 0 Å². The number of urea groups is 1. The van der Waals surface area contributed by atoms with E-state index in [4.69, 9.17) is 5.73 Å². The SMILES string of the molecule is NC(=O)Nc1cccc(NC(=O)C2CCCN2Cc2ccc(F)cc2)c1. The summed E-state index contributed by atoms with van der Waals surface area (Å²) in [5.74, 6) is -0.366. The highest BCUT2D eigenvalue weighted by atomic mass is 19.1. The number of hydrogen-bond donors (Lipinski definition) is 3. The molecule has 26 heavy (non-hydrogen) atoms. The van der Waals surface area contributed by atoms with Gasteiger partial charge in [0.1, 0.15) is 5.82 Å². The molecule has 0 radical (unpaired) electrons. The summed E-state index contributed by atoms with van der Waals surface area (Å²) in [6.07, 6.45) is 1.70. The van der Waals surface area contributed by atoms with Crippen LogP contribution < -0.4 is 16.4 Å². The minimum Gasteiger partial charge on any atom is -0.351 e. The summed E-state index contributed by atoms with van der Waals surface area (Å²) in [6, 6.07) is 12.3. The van der Waals surface area contributed by atoms with Crippen molar-refractivity contribution in [2.75, 3.05) is 17.2 Å². The molecule has 7 heteroatoms. The van der Waals surface area contributed by atoms with Crippen LogP contribution in [0.2, 0.25) is 0 Å². The van der Waals surface area contributed by atoms with Crippen LogP contribution in [0, 0.1) is 5.82 Å². The maximum atomic E-state index is 13.0. The van der Waals surface area contributed by atoms with Gasteiger partial charge in [0, 0.05) is 17.9 Å². The molecule has 0 saturated carbocycles. The zero-order valence-electron chi connectivity index (χ0n) is 14.2. The van der Waals surface area contributed by atoms with Crippen LogP contribution in [0.5, 0.6) is 0 Å². The summed E-state index contributed by atoms with van der Waals surface area (Å²) in [4.78, 5) is 25.7. The number of amides is 3. The van der Waals surface area contributed by atoms with E-state index in [2.05, 4.69) is 15.5 Å². The first kappa shape index (κ1) is 17.9. The topological polar surface area (TPSA) is 87.5 Å². The van der Waals surface area contributed by atoms with Gasteiger partial charge in [-0.25, -0.2) is 9.18 Å². The minimum atomic E-state index is -0.658. The Morgan fingerprint density at radius 2 is 1.81 bits per heavy atom. The molecule has 2 aromatic rings. The molecule has 1 heterocycles. The fourth-order valence-corrected chi connectivity index (χ4v) is 3.18. The lowest BCUT2D eigenvalue weighted by Gasteiger charge is -2.23. The molecule has 136 valence electrons. The van der Waals surface area contributed by atoms with Gasteiger partial charge in [-0.1, -0.05) is 18.2 Å². The highest BCUT2D eigenvalue weighted by Crippen LogP contribution is 2.23. The van der Waals surface area contributed by atoms with Crippen molar-refractivity contribution in [2.45, 2.75) is 25.4 Å². The van der Waals surface area contributed by atoms with Crippen molar-refractivity contribution >= 4 is 23.3 Å². The first-order valence-corrected chi connectivity index (χ1v) is 8.47. The van der Waals surface area contributed by atoms with Crippen molar-refractivity contribution in [2.24, 2.45) is 5.73 Å². The molecule has 1 atom stereocenters. The van der Waals surface area contributed by atoms with Gasteiger partial charge in [0.25, 0.3) is 0 Å². The Labute approximate surface area is 151 Å². The van der Waals surface area contributed by atoms with E-state index in [1.807, 2.05) is 0 Å². The zero-order valence-corrected chi connectivity index (χ0v) is 14.2. The number of nitrogens with one attached hydrogen (secondary N) is 2. The maximum Gasteiger partial charge on any atom is 0.316 e. The Hall–Kier alpha value is -2.93. The molecule has 6 nitrogen and oxygen atoms in total. The molecule has 3 amide bonds. The van der Waals surface area contributed by atoms with Gasteiger partial charge < -0.3 is 16.4 Å². The lowest BCUT2D eigenvalue weighted by molar-refractivity contribution is -0.120. The number of primary amides is 1. The molecular formula is C19H21FN4O2. The second-order valence-electron chi connectivity index (χ2n) is 6.31. The Morgan fingerprint density at radius 3 is 2.50 bits per heavy atom. The van der Waals surface area contributed by atoms with E-state index < -0.39 is 6.03 Å². The molecule has 1 saturated heterocycles. The van der Waals surface area contributed by atoms with Crippen molar-refractivity contribution in [3.8, 4) is 0 Å². The Kier molecular flexibility index (Phi) is 5.48. The molecule has 0 spiro atoms. The molecule has 1 aliphatic heterocycles. The summed E-state index contributed by atoms with van der Waals surface area (Å²) in [5.41, 5.74) is 7.19. The third kappa shape index (κ3) is 4.58. The van der Waals surface area contributed by atoms with Crippen LogP contribution in [-0.4, -0.2) is 29.4 Å². The van der Waals surface area contributed by atoms with Crippen molar-refractivity contribution < 1.29 is 14.0 Å². The third-order valence-corrected chi connectivity index (χ3v) is 4.36. The average molecular weight is 356 g/mol. The molecular weight excluding hydrogens is 335 g/mol. The number of nitrogens with two attached hydrogens (primary N) is 1. The fourth-order valence-electron chi connectivity index (χ4n) is 3.18. The molecule has 1 unspecified atom stereocenters. The summed E-state index contributed by atoms with van der Waals surface area (Å²) >= 11 is 0. The van der Waals surface area contributed by atoms with Gasteiger partial charge in [0.2, 0.25) is 5.91 Å². The van der Waals surface area contributed by atoms with Gasteiger partial charge in [0.15, 0.2) is 0 Å². The predicted octanol–water partition coefficient (Wildman–Crippen LogP) is 2.92. The Morgan fingerprint density at radius 1 is 1.12 bits per heavy atom. The number of anilines is 2. The molecule has 3 rings (SSSR count). The standard InChI is InChI=1S/C19H21FN4O2/c20-14-8-6-13(7-9-14)12-24-10-2-5-17(24)18(25)22-15-3-1-4-16(11-15)23-19(21)26/h1,3-4,6-9,11,17H,2,5,10,12H2,(H,22,25)(H3,21,23,26). The highest BCUT2D eigenvalue weighted by Gasteiger charge is 2.30.